The molecule has 0 aliphatic heterocycles. The molecule has 53 heavy (non-hydrogen) atoms. The molecule has 0 aromatic heterocycles. The van der Waals surface area contributed by atoms with Crippen molar-refractivity contribution in [1.82, 2.24) is 4.90 Å². The molecule has 6 aliphatic rings. The molecule has 286 valence electrons. The number of amides is 1. The molecule has 2 bridgehead atoms. The van der Waals surface area contributed by atoms with E-state index < -0.39 is 27.9 Å². The lowest BCUT2D eigenvalue weighted by atomic mass is 9.32. The molecule has 6 aliphatic carbocycles. The molecule has 9 heteroatoms. The Labute approximate surface area is 314 Å². The number of aliphatic hydroxyl groups excluding tert-OH is 1. The molecular formula is C44H57NO8. The van der Waals surface area contributed by atoms with Crippen molar-refractivity contribution in [3.63, 3.8) is 0 Å². The number of rotatable bonds is 13. The van der Waals surface area contributed by atoms with Crippen molar-refractivity contribution in [2.24, 2.45) is 33.5 Å². The third kappa shape index (κ3) is 5.75. The minimum Gasteiger partial charge on any atom is -0.497 e. The maximum Gasteiger partial charge on any atom is 0.227 e. The summed E-state index contributed by atoms with van der Waals surface area (Å²) in [6.07, 6.45) is 12.4. The molecule has 2 spiro atoms. The van der Waals surface area contributed by atoms with Crippen molar-refractivity contribution in [1.29, 1.82) is 0 Å². The molecule has 9 nitrogen and oxygen atoms in total. The molecule has 0 saturated heterocycles. The van der Waals surface area contributed by atoms with E-state index in [1.165, 1.54) is 0 Å². The van der Waals surface area contributed by atoms with E-state index in [2.05, 4.69) is 32.1 Å². The first-order chi connectivity index (χ1) is 25.3. The Balaban J connectivity index is 1.25. The first kappa shape index (κ1) is 37.6. The van der Waals surface area contributed by atoms with Crippen LogP contribution in [0.5, 0.6) is 17.2 Å². The molecule has 1 amide bonds. The molecule has 8 unspecified atom stereocenters. The highest BCUT2D eigenvalue weighted by molar-refractivity contribution is 6.10. The monoisotopic (exact) mass is 727 g/mol. The molecule has 2 aromatic rings. The van der Waals surface area contributed by atoms with Crippen molar-refractivity contribution in [2.75, 3.05) is 48.1 Å². The first-order valence-corrected chi connectivity index (χ1v) is 19.3. The van der Waals surface area contributed by atoms with Crippen LogP contribution in [0.3, 0.4) is 0 Å². The van der Waals surface area contributed by atoms with E-state index in [9.17, 15) is 19.8 Å². The van der Waals surface area contributed by atoms with Crippen LogP contribution in [0, 0.1) is 33.5 Å². The Morgan fingerprint density at radius 3 is 2.25 bits per heavy atom. The fourth-order valence-corrected chi connectivity index (χ4v) is 11.8. The largest absolute Gasteiger partial charge is 0.497 e. The van der Waals surface area contributed by atoms with Crippen molar-refractivity contribution in [3.05, 3.63) is 77.4 Å². The van der Waals surface area contributed by atoms with Gasteiger partial charge in [0.05, 0.1) is 39.5 Å². The standard InChI is InChI=1S/C44H57NO8/c1-40-17-14-31(46)26-42(40)20-21-44(33(27-42)39(48)30-9-11-32(51-4)12-10-30)36(40)15-18-41(2)37(44)16-19-43(41,49)28-45(22-7-23-50-3)38(47)25-29-8-13-34(52-5)35(24-29)53-6/h8-13,20-21,24,27,31,36-37,46,49H,7,14-19,22-23,25-26,28H2,1-6H3. The normalized spacial score (nSPS) is 35.1. The van der Waals surface area contributed by atoms with Gasteiger partial charge in [-0.05, 0) is 111 Å². The molecular weight excluding hydrogens is 670 g/mol. The zero-order chi connectivity index (χ0) is 37.8. The number of hydrogen-bond acceptors (Lipinski definition) is 8. The van der Waals surface area contributed by atoms with Crippen LogP contribution in [-0.2, 0) is 16.0 Å². The molecule has 0 radical (unpaired) electrons. The summed E-state index contributed by atoms with van der Waals surface area (Å²) in [6.45, 7) is 5.78. The number of fused-ring (bicyclic) bond motifs is 1. The van der Waals surface area contributed by atoms with Gasteiger partial charge in [0.1, 0.15) is 5.75 Å². The van der Waals surface area contributed by atoms with Gasteiger partial charge in [0.15, 0.2) is 17.3 Å². The van der Waals surface area contributed by atoms with Crippen molar-refractivity contribution < 1.29 is 38.7 Å². The summed E-state index contributed by atoms with van der Waals surface area (Å²) in [7, 11) is 6.45. The van der Waals surface area contributed by atoms with Crippen LogP contribution in [0.1, 0.15) is 81.1 Å². The van der Waals surface area contributed by atoms with E-state index in [0.717, 1.165) is 43.2 Å². The zero-order valence-corrected chi connectivity index (χ0v) is 32.3. The third-order valence-electron chi connectivity index (χ3n) is 14.7. The first-order valence-electron chi connectivity index (χ1n) is 19.3. The topological polar surface area (TPSA) is 115 Å². The SMILES string of the molecule is COCCCN(CC1(O)CCC2C34C=CC5(C=C3C(=O)c3ccc(OC)cc3)CC(O)CCC5(C)C4CCC21C)C(=O)Cc1ccc(OC)c(OC)c1. The van der Waals surface area contributed by atoms with Gasteiger partial charge in [-0.2, -0.15) is 0 Å². The van der Waals surface area contributed by atoms with Gasteiger partial charge in [-0.3, -0.25) is 9.59 Å². The molecule has 2 aromatic carbocycles. The van der Waals surface area contributed by atoms with E-state index in [0.29, 0.717) is 55.2 Å². The average Bonchev–Trinajstić information content (AvgIpc) is 3.43. The van der Waals surface area contributed by atoms with E-state index in [1.807, 2.05) is 47.4 Å². The van der Waals surface area contributed by atoms with Gasteiger partial charge in [-0.15, -0.1) is 0 Å². The fourth-order valence-electron chi connectivity index (χ4n) is 11.8. The number of ketones is 1. The Hall–Kier alpha value is -3.66. The second kappa shape index (κ2) is 13.9. The summed E-state index contributed by atoms with van der Waals surface area (Å²) in [5, 5.41) is 24.1. The highest BCUT2D eigenvalue weighted by Gasteiger charge is 2.74. The zero-order valence-electron chi connectivity index (χ0n) is 32.3. The lowest BCUT2D eigenvalue weighted by molar-refractivity contribution is -0.178. The van der Waals surface area contributed by atoms with Crippen LogP contribution in [0.25, 0.3) is 0 Å². The van der Waals surface area contributed by atoms with E-state index in [-0.39, 0.29) is 41.9 Å². The van der Waals surface area contributed by atoms with E-state index in [4.69, 9.17) is 18.9 Å². The highest BCUT2D eigenvalue weighted by atomic mass is 16.5. The predicted octanol–water partition coefficient (Wildman–Crippen LogP) is 6.59. The second-order valence-electron chi connectivity index (χ2n) is 16.9. The number of benzene rings is 2. The number of aliphatic hydroxyl groups is 2. The lowest BCUT2D eigenvalue weighted by Gasteiger charge is -2.71. The molecule has 0 heterocycles. The number of carbonyl (C=O) groups excluding carboxylic acids is 2. The molecule has 8 rings (SSSR count). The van der Waals surface area contributed by atoms with Gasteiger partial charge in [0.25, 0.3) is 0 Å². The summed E-state index contributed by atoms with van der Waals surface area (Å²) in [5.41, 5.74) is -0.637. The average molecular weight is 728 g/mol. The quantitative estimate of drug-likeness (QED) is 0.135. The fraction of sp³-hybridized carbons (Fsp3) is 0.591. The second-order valence-corrected chi connectivity index (χ2v) is 16.9. The van der Waals surface area contributed by atoms with E-state index in [1.54, 1.807) is 28.4 Å². The summed E-state index contributed by atoms with van der Waals surface area (Å²) in [6, 6.07) is 12.9. The maximum absolute atomic E-state index is 14.9. The summed E-state index contributed by atoms with van der Waals surface area (Å²) in [5.74, 6) is 1.96. The smallest absolute Gasteiger partial charge is 0.227 e. The van der Waals surface area contributed by atoms with Gasteiger partial charge in [-0.1, -0.05) is 38.1 Å². The molecule has 2 N–H and O–H groups in total. The summed E-state index contributed by atoms with van der Waals surface area (Å²) >= 11 is 0. The number of allylic oxidation sites excluding steroid dienone is 4. The molecule has 8 atom stereocenters. The Morgan fingerprint density at radius 2 is 1.55 bits per heavy atom. The van der Waals surface area contributed by atoms with Crippen LogP contribution >= 0.6 is 0 Å². The minimum atomic E-state index is -1.17. The number of Topliss-reactive ketones (excluding diaryl/α,β-unsaturated/α-hetero) is 1. The highest BCUT2D eigenvalue weighted by Crippen LogP contribution is 2.78. The van der Waals surface area contributed by atoms with Crippen molar-refractivity contribution in [2.45, 2.75) is 83.3 Å². The number of hydrogen-bond donors (Lipinski definition) is 2. The Kier molecular flexibility index (Phi) is 9.86. The Morgan fingerprint density at radius 1 is 0.849 bits per heavy atom. The van der Waals surface area contributed by atoms with Crippen molar-refractivity contribution >= 4 is 11.7 Å². The van der Waals surface area contributed by atoms with Gasteiger partial charge in [0.2, 0.25) is 5.91 Å². The van der Waals surface area contributed by atoms with Crippen LogP contribution in [0.4, 0.5) is 0 Å². The van der Waals surface area contributed by atoms with Gasteiger partial charge in [-0.25, -0.2) is 0 Å². The van der Waals surface area contributed by atoms with Crippen LogP contribution in [-0.4, -0.2) is 86.6 Å². The number of methoxy groups -OCH3 is 4. The van der Waals surface area contributed by atoms with E-state index >= 15 is 0 Å². The molecule has 3 saturated carbocycles. The summed E-state index contributed by atoms with van der Waals surface area (Å²) < 4.78 is 21.7. The number of carbonyl (C=O) groups is 2. The van der Waals surface area contributed by atoms with Crippen LogP contribution in [0.2, 0.25) is 0 Å². The maximum atomic E-state index is 14.9. The lowest BCUT2D eigenvalue weighted by Crippen LogP contribution is -2.67. The minimum absolute atomic E-state index is 0.00877. The number of ether oxygens (including phenoxy) is 4. The van der Waals surface area contributed by atoms with Crippen LogP contribution < -0.4 is 14.2 Å². The van der Waals surface area contributed by atoms with Crippen molar-refractivity contribution in [3.8, 4) is 17.2 Å². The van der Waals surface area contributed by atoms with Gasteiger partial charge < -0.3 is 34.1 Å². The van der Waals surface area contributed by atoms with Gasteiger partial charge in [0, 0.05) is 54.2 Å². The van der Waals surface area contributed by atoms with Gasteiger partial charge >= 0.3 is 0 Å². The third-order valence-corrected chi connectivity index (χ3v) is 14.7. The van der Waals surface area contributed by atoms with Crippen LogP contribution in [0.15, 0.2) is 66.3 Å². The molecule has 3 fully saturated rings. The number of nitrogens with zero attached hydrogens (tertiary/aromatic N) is 1. The predicted molar refractivity (Wildman–Crippen MR) is 202 cm³/mol. The summed E-state index contributed by atoms with van der Waals surface area (Å²) in [4.78, 5) is 30.9. The Bertz CT molecular complexity index is 1790.